The molecule has 0 spiro atoms. The molecule has 112 valence electrons. The Morgan fingerprint density at radius 3 is 2.57 bits per heavy atom. The van der Waals surface area contributed by atoms with Crippen LogP contribution in [0.5, 0.6) is 5.75 Å². The van der Waals surface area contributed by atoms with E-state index in [4.69, 9.17) is 10.5 Å². The maximum absolute atomic E-state index is 13.2. The molecular formula is C13H12BrFN2O3S. The second-order valence-corrected chi connectivity index (χ2v) is 6.64. The van der Waals surface area contributed by atoms with Crippen molar-refractivity contribution in [1.82, 2.24) is 0 Å². The first-order valence-electron chi connectivity index (χ1n) is 5.75. The minimum atomic E-state index is -3.94. The molecule has 0 aliphatic heterocycles. The number of hydrogen-bond donors (Lipinski definition) is 2. The monoisotopic (exact) mass is 374 g/mol. The Balaban J connectivity index is 2.41. The number of rotatable bonds is 4. The van der Waals surface area contributed by atoms with Crippen LogP contribution in [0.25, 0.3) is 0 Å². The topological polar surface area (TPSA) is 81.4 Å². The van der Waals surface area contributed by atoms with Gasteiger partial charge in [-0.15, -0.1) is 0 Å². The van der Waals surface area contributed by atoms with Crippen LogP contribution in [0.2, 0.25) is 0 Å². The lowest BCUT2D eigenvalue weighted by molar-refractivity contribution is 0.414. The molecule has 0 saturated heterocycles. The average Bonchev–Trinajstić information content (AvgIpc) is 2.42. The summed E-state index contributed by atoms with van der Waals surface area (Å²) in [6, 6.07) is 7.89. The van der Waals surface area contributed by atoms with Gasteiger partial charge in [-0.05, 0) is 46.3 Å². The average molecular weight is 375 g/mol. The number of halogens is 2. The summed E-state index contributed by atoms with van der Waals surface area (Å²) in [6.45, 7) is 0. The molecule has 0 atom stereocenters. The maximum Gasteiger partial charge on any atom is 0.263 e. The highest BCUT2D eigenvalue weighted by atomic mass is 79.9. The van der Waals surface area contributed by atoms with E-state index in [2.05, 4.69) is 20.7 Å². The molecule has 5 nitrogen and oxygen atoms in total. The van der Waals surface area contributed by atoms with Crippen LogP contribution in [0.4, 0.5) is 15.8 Å². The van der Waals surface area contributed by atoms with Crippen LogP contribution in [0.15, 0.2) is 45.8 Å². The zero-order chi connectivity index (χ0) is 15.6. The van der Waals surface area contributed by atoms with Crippen molar-refractivity contribution in [2.24, 2.45) is 0 Å². The second kappa shape index (κ2) is 5.90. The molecule has 3 N–H and O–H groups in total. The molecule has 0 aliphatic carbocycles. The summed E-state index contributed by atoms with van der Waals surface area (Å²) in [5, 5.41) is 0. The molecule has 8 heteroatoms. The minimum absolute atomic E-state index is 0.0365. The lowest BCUT2D eigenvalue weighted by Gasteiger charge is -2.12. The van der Waals surface area contributed by atoms with Crippen molar-refractivity contribution in [3.05, 3.63) is 46.7 Å². The zero-order valence-corrected chi connectivity index (χ0v) is 13.3. The van der Waals surface area contributed by atoms with E-state index in [1.807, 2.05) is 0 Å². The summed E-state index contributed by atoms with van der Waals surface area (Å²) in [7, 11) is -2.49. The summed E-state index contributed by atoms with van der Waals surface area (Å²) < 4.78 is 45.5. The van der Waals surface area contributed by atoms with Gasteiger partial charge < -0.3 is 10.5 Å². The van der Waals surface area contributed by atoms with Gasteiger partial charge in [0, 0.05) is 10.5 Å². The van der Waals surface area contributed by atoms with Crippen molar-refractivity contribution in [2.45, 2.75) is 4.90 Å². The van der Waals surface area contributed by atoms with Gasteiger partial charge in [-0.3, -0.25) is 4.72 Å². The fraction of sp³-hybridized carbons (Fsp3) is 0.0769. The highest BCUT2D eigenvalue weighted by Gasteiger charge is 2.19. The van der Waals surface area contributed by atoms with Crippen LogP contribution in [-0.2, 0) is 10.0 Å². The van der Waals surface area contributed by atoms with Gasteiger partial charge in [0.2, 0.25) is 0 Å². The quantitative estimate of drug-likeness (QED) is 0.806. The van der Waals surface area contributed by atoms with Gasteiger partial charge in [0.05, 0.1) is 18.5 Å². The lowest BCUT2D eigenvalue weighted by Crippen LogP contribution is -2.15. The molecule has 0 radical (unpaired) electrons. The predicted octanol–water partition coefficient (Wildman–Crippen LogP) is 2.98. The molecule has 2 rings (SSSR count). The van der Waals surface area contributed by atoms with Gasteiger partial charge >= 0.3 is 0 Å². The Bertz CT molecular complexity index is 781. The van der Waals surface area contributed by atoms with Crippen molar-refractivity contribution >= 4 is 37.3 Å². The van der Waals surface area contributed by atoms with E-state index in [0.29, 0.717) is 10.2 Å². The van der Waals surface area contributed by atoms with Gasteiger partial charge in [0.15, 0.2) is 0 Å². The van der Waals surface area contributed by atoms with Crippen LogP contribution >= 0.6 is 15.9 Å². The van der Waals surface area contributed by atoms with E-state index < -0.39 is 15.8 Å². The molecule has 0 amide bonds. The third-order valence-electron chi connectivity index (χ3n) is 2.68. The van der Waals surface area contributed by atoms with Crippen LogP contribution in [0.1, 0.15) is 0 Å². The first-order valence-corrected chi connectivity index (χ1v) is 8.02. The molecule has 2 aromatic rings. The van der Waals surface area contributed by atoms with E-state index in [-0.39, 0.29) is 16.3 Å². The van der Waals surface area contributed by atoms with E-state index >= 15 is 0 Å². The van der Waals surface area contributed by atoms with Crippen LogP contribution < -0.4 is 15.2 Å². The van der Waals surface area contributed by atoms with Gasteiger partial charge in [-0.1, -0.05) is 0 Å². The molecule has 2 aromatic carbocycles. The van der Waals surface area contributed by atoms with Gasteiger partial charge in [0.25, 0.3) is 10.0 Å². The third-order valence-corrected chi connectivity index (χ3v) is 4.81. The Hall–Kier alpha value is -1.80. The SMILES string of the molecule is COc1ccc(S(=O)(=O)Nc2cc(F)ccc2Br)c(N)c1. The van der Waals surface area contributed by atoms with Gasteiger partial charge in [-0.2, -0.15) is 0 Å². The van der Waals surface area contributed by atoms with Crippen LogP contribution in [0.3, 0.4) is 0 Å². The fourth-order valence-electron chi connectivity index (χ4n) is 1.67. The number of methoxy groups -OCH3 is 1. The number of nitrogens with one attached hydrogen (secondary N) is 1. The normalized spacial score (nSPS) is 11.2. The van der Waals surface area contributed by atoms with Crippen molar-refractivity contribution in [1.29, 1.82) is 0 Å². The third kappa shape index (κ3) is 3.45. The van der Waals surface area contributed by atoms with E-state index in [9.17, 15) is 12.8 Å². The first kappa shape index (κ1) is 15.6. The number of hydrogen-bond acceptors (Lipinski definition) is 4. The maximum atomic E-state index is 13.2. The molecule has 0 aliphatic rings. The summed E-state index contributed by atoms with van der Waals surface area (Å²) in [5.74, 6) is -0.114. The Morgan fingerprint density at radius 1 is 1.24 bits per heavy atom. The smallest absolute Gasteiger partial charge is 0.263 e. The van der Waals surface area contributed by atoms with Crippen molar-refractivity contribution in [2.75, 3.05) is 17.6 Å². The molecule has 0 fully saturated rings. The highest BCUT2D eigenvalue weighted by molar-refractivity contribution is 9.10. The molecule has 0 aromatic heterocycles. The number of anilines is 2. The molecule has 0 saturated carbocycles. The van der Waals surface area contributed by atoms with E-state index in [0.717, 1.165) is 6.07 Å². The molecular weight excluding hydrogens is 363 g/mol. The number of nitrogen functional groups attached to an aromatic ring is 1. The number of nitrogens with two attached hydrogens (primary N) is 1. The van der Waals surface area contributed by atoms with Gasteiger partial charge in [0.1, 0.15) is 16.5 Å². The minimum Gasteiger partial charge on any atom is -0.497 e. The Kier molecular flexibility index (Phi) is 4.38. The summed E-state index contributed by atoms with van der Waals surface area (Å²) in [5.41, 5.74) is 5.84. The summed E-state index contributed by atoms with van der Waals surface area (Å²) >= 11 is 3.15. The van der Waals surface area contributed by atoms with Crippen molar-refractivity contribution < 1.29 is 17.5 Å². The molecule has 0 unspecified atom stereocenters. The zero-order valence-electron chi connectivity index (χ0n) is 10.9. The lowest BCUT2D eigenvalue weighted by atomic mass is 10.3. The van der Waals surface area contributed by atoms with E-state index in [1.54, 1.807) is 0 Å². The predicted molar refractivity (Wildman–Crippen MR) is 82.3 cm³/mol. The second-order valence-electron chi connectivity index (χ2n) is 4.13. The summed E-state index contributed by atoms with van der Waals surface area (Å²) in [4.78, 5) is -0.112. The highest BCUT2D eigenvalue weighted by Crippen LogP contribution is 2.29. The molecule has 0 heterocycles. The van der Waals surface area contributed by atoms with E-state index in [1.165, 1.54) is 37.4 Å². The first-order chi connectivity index (χ1) is 9.83. The Labute approximate surface area is 130 Å². The Morgan fingerprint density at radius 2 is 1.95 bits per heavy atom. The standard InChI is InChI=1S/C13H12BrFN2O3S/c1-20-9-3-5-13(11(16)7-9)21(18,19)17-12-6-8(15)2-4-10(12)14/h2-7,17H,16H2,1H3. The van der Waals surface area contributed by atoms with Crippen LogP contribution in [-0.4, -0.2) is 15.5 Å². The molecule has 21 heavy (non-hydrogen) atoms. The fourth-order valence-corrected chi connectivity index (χ4v) is 3.34. The largest absolute Gasteiger partial charge is 0.497 e. The van der Waals surface area contributed by atoms with Crippen molar-refractivity contribution in [3.63, 3.8) is 0 Å². The van der Waals surface area contributed by atoms with Gasteiger partial charge in [-0.25, -0.2) is 12.8 Å². The molecule has 0 bridgehead atoms. The summed E-state index contributed by atoms with van der Waals surface area (Å²) in [6.07, 6.45) is 0. The number of ether oxygens (including phenoxy) is 1. The van der Waals surface area contributed by atoms with Crippen LogP contribution in [0, 0.1) is 5.82 Å². The number of sulfonamides is 1. The van der Waals surface area contributed by atoms with Crippen molar-refractivity contribution in [3.8, 4) is 5.75 Å². The number of benzene rings is 2.